The molecule has 2 aromatic rings. The number of carbonyl (C=O) groups is 1. The van der Waals surface area contributed by atoms with Crippen LogP contribution in [0.4, 0.5) is 16.2 Å². The molecule has 7 heteroatoms. The van der Waals surface area contributed by atoms with Gasteiger partial charge in [-0.2, -0.15) is 0 Å². The van der Waals surface area contributed by atoms with Crippen LogP contribution in [0.25, 0.3) is 0 Å². The molecule has 1 amide bonds. The smallest absolute Gasteiger partial charge is 0.414 e. The van der Waals surface area contributed by atoms with E-state index in [9.17, 15) is 13.2 Å². The Hall–Kier alpha value is -2.54. The molecular weight excluding hydrogens is 340 g/mol. The lowest BCUT2D eigenvalue weighted by molar-refractivity contribution is 0.181. The summed E-state index contributed by atoms with van der Waals surface area (Å²) in [7, 11) is -3.71. The maximum absolute atomic E-state index is 12.7. The summed E-state index contributed by atoms with van der Waals surface area (Å²) in [6.45, 7) is 4.66. The second-order valence-corrected chi connectivity index (χ2v) is 7.51. The molecule has 132 valence electrons. The van der Waals surface area contributed by atoms with Crippen molar-refractivity contribution in [3.8, 4) is 0 Å². The van der Waals surface area contributed by atoms with Gasteiger partial charge in [0.15, 0.2) is 0 Å². The van der Waals surface area contributed by atoms with Crippen LogP contribution >= 0.6 is 0 Å². The number of anilines is 2. The van der Waals surface area contributed by atoms with Crippen molar-refractivity contribution in [2.75, 3.05) is 22.8 Å². The van der Waals surface area contributed by atoms with Gasteiger partial charge >= 0.3 is 6.09 Å². The molecule has 0 unspecified atom stereocenters. The summed E-state index contributed by atoms with van der Waals surface area (Å²) >= 11 is 0. The Bertz CT molecular complexity index is 892. The van der Waals surface area contributed by atoms with Gasteiger partial charge in [-0.3, -0.25) is 9.62 Å². The van der Waals surface area contributed by atoms with Crippen LogP contribution in [0.5, 0.6) is 0 Å². The summed E-state index contributed by atoms with van der Waals surface area (Å²) in [6.07, 6.45) is 0.316. The van der Waals surface area contributed by atoms with Crippen molar-refractivity contribution in [1.29, 1.82) is 0 Å². The van der Waals surface area contributed by atoms with Gasteiger partial charge < -0.3 is 4.74 Å². The van der Waals surface area contributed by atoms with Gasteiger partial charge in [-0.25, -0.2) is 13.2 Å². The van der Waals surface area contributed by atoms with Crippen LogP contribution in [0.3, 0.4) is 0 Å². The molecule has 0 atom stereocenters. The summed E-state index contributed by atoms with van der Waals surface area (Å²) in [6, 6.07) is 11.9. The summed E-state index contributed by atoms with van der Waals surface area (Å²) in [4.78, 5) is 13.2. The monoisotopic (exact) mass is 360 g/mol. The van der Waals surface area contributed by atoms with Crippen LogP contribution in [0.2, 0.25) is 0 Å². The van der Waals surface area contributed by atoms with Crippen LogP contribution in [-0.4, -0.2) is 27.7 Å². The Balaban J connectivity index is 1.87. The van der Waals surface area contributed by atoms with E-state index in [-0.39, 0.29) is 4.90 Å². The number of carbonyl (C=O) groups excluding carboxylic acids is 1. The largest absolute Gasteiger partial charge is 0.447 e. The normalized spacial score (nSPS) is 14.5. The number of sulfonamides is 1. The minimum Gasteiger partial charge on any atom is -0.447 e. The molecule has 1 aliphatic heterocycles. The Morgan fingerprint density at radius 2 is 1.88 bits per heavy atom. The zero-order valence-corrected chi connectivity index (χ0v) is 15.0. The van der Waals surface area contributed by atoms with E-state index in [0.29, 0.717) is 24.5 Å². The fourth-order valence-corrected chi connectivity index (χ4v) is 3.97. The first-order valence-electron chi connectivity index (χ1n) is 8.08. The maximum atomic E-state index is 12.7. The average Bonchev–Trinajstić information content (AvgIpc) is 3.03. The fraction of sp³-hybridized carbons (Fsp3) is 0.278. The highest BCUT2D eigenvalue weighted by atomic mass is 32.2. The number of cyclic esters (lactones) is 1. The van der Waals surface area contributed by atoms with E-state index < -0.39 is 16.1 Å². The second kappa shape index (κ2) is 6.76. The highest BCUT2D eigenvalue weighted by Crippen LogP contribution is 2.26. The van der Waals surface area contributed by atoms with Crippen LogP contribution < -0.4 is 9.62 Å². The summed E-state index contributed by atoms with van der Waals surface area (Å²) in [5.41, 5.74) is 3.06. The SMILES string of the molecule is CCc1cccc(C)c1NS(=O)(=O)c1ccc(N2CCOC2=O)cc1. The second-order valence-electron chi connectivity index (χ2n) is 5.83. The van der Waals surface area contributed by atoms with Crippen molar-refractivity contribution in [3.63, 3.8) is 0 Å². The van der Waals surface area contributed by atoms with Gasteiger partial charge in [-0.05, 0) is 48.7 Å². The number of benzene rings is 2. The summed E-state index contributed by atoms with van der Waals surface area (Å²) in [5.74, 6) is 0. The van der Waals surface area contributed by atoms with Gasteiger partial charge in [-0.15, -0.1) is 0 Å². The van der Waals surface area contributed by atoms with E-state index in [0.717, 1.165) is 17.5 Å². The van der Waals surface area contributed by atoms with E-state index in [4.69, 9.17) is 4.74 Å². The molecule has 1 aliphatic rings. The fourth-order valence-electron chi connectivity index (χ4n) is 2.80. The number of amides is 1. The highest BCUT2D eigenvalue weighted by Gasteiger charge is 2.24. The predicted molar refractivity (Wildman–Crippen MR) is 96.5 cm³/mol. The minimum absolute atomic E-state index is 0.147. The highest BCUT2D eigenvalue weighted by molar-refractivity contribution is 7.92. The molecule has 1 heterocycles. The number of ether oxygens (including phenoxy) is 1. The number of aryl methyl sites for hydroxylation is 2. The molecule has 0 bridgehead atoms. The molecule has 25 heavy (non-hydrogen) atoms. The molecule has 1 fully saturated rings. The van der Waals surface area contributed by atoms with E-state index >= 15 is 0 Å². The number of nitrogens with zero attached hydrogens (tertiary/aromatic N) is 1. The lowest BCUT2D eigenvalue weighted by Gasteiger charge is -2.16. The van der Waals surface area contributed by atoms with Gasteiger partial charge in [0.1, 0.15) is 6.61 Å². The quantitative estimate of drug-likeness (QED) is 0.887. The third kappa shape index (κ3) is 3.46. The lowest BCUT2D eigenvalue weighted by atomic mass is 10.1. The molecule has 1 N–H and O–H groups in total. The molecule has 3 rings (SSSR count). The number of nitrogens with one attached hydrogen (secondary N) is 1. The third-order valence-electron chi connectivity index (χ3n) is 4.20. The van der Waals surface area contributed by atoms with Crippen molar-refractivity contribution in [1.82, 2.24) is 0 Å². The number of hydrogen-bond acceptors (Lipinski definition) is 4. The van der Waals surface area contributed by atoms with Crippen LogP contribution in [0.15, 0.2) is 47.4 Å². The number of rotatable bonds is 5. The summed E-state index contributed by atoms with van der Waals surface area (Å²) in [5, 5.41) is 0. The molecule has 6 nitrogen and oxygen atoms in total. The van der Waals surface area contributed by atoms with Gasteiger partial charge in [0.2, 0.25) is 0 Å². The molecule has 0 radical (unpaired) electrons. The predicted octanol–water partition coefficient (Wildman–Crippen LogP) is 3.31. The van der Waals surface area contributed by atoms with Gasteiger partial charge in [-0.1, -0.05) is 25.1 Å². The maximum Gasteiger partial charge on any atom is 0.414 e. The van der Waals surface area contributed by atoms with E-state index in [1.807, 2.05) is 32.0 Å². The molecule has 0 saturated carbocycles. The molecule has 1 saturated heterocycles. The Labute approximate surface area is 147 Å². The van der Waals surface area contributed by atoms with E-state index in [1.165, 1.54) is 17.0 Å². The van der Waals surface area contributed by atoms with Crippen LogP contribution in [0, 0.1) is 6.92 Å². The van der Waals surface area contributed by atoms with Crippen molar-refractivity contribution < 1.29 is 17.9 Å². The van der Waals surface area contributed by atoms with Gasteiger partial charge in [0, 0.05) is 5.69 Å². The van der Waals surface area contributed by atoms with Crippen molar-refractivity contribution in [2.24, 2.45) is 0 Å². The topological polar surface area (TPSA) is 75.7 Å². The zero-order chi connectivity index (χ0) is 18.0. The third-order valence-corrected chi connectivity index (χ3v) is 5.56. The lowest BCUT2D eigenvalue weighted by Crippen LogP contribution is -2.23. The Kier molecular flexibility index (Phi) is 4.67. The Morgan fingerprint density at radius 3 is 2.48 bits per heavy atom. The molecule has 0 spiro atoms. The van der Waals surface area contributed by atoms with Crippen molar-refractivity contribution in [3.05, 3.63) is 53.6 Å². The summed E-state index contributed by atoms with van der Waals surface area (Å²) < 4.78 is 33.0. The first kappa shape index (κ1) is 17.3. The minimum atomic E-state index is -3.71. The standard InChI is InChI=1S/C18H20N2O4S/c1-3-14-6-4-5-13(2)17(14)19-25(22,23)16-9-7-15(8-10-16)20-11-12-24-18(20)21/h4-10,19H,3,11-12H2,1-2H3. The molecular formula is C18H20N2O4S. The Morgan fingerprint density at radius 1 is 1.16 bits per heavy atom. The average molecular weight is 360 g/mol. The van der Waals surface area contributed by atoms with Crippen molar-refractivity contribution in [2.45, 2.75) is 25.2 Å². The molecule has 0 aromatic heterocycles. The van der Waals surface area contributed by atoms with Gasteiger partial charge in [0.25, 0.3) is 10.0 Å². The van der Waals surface area contributed by atoms with Gasteiger partial charge in [0.05, 0.1) is 17.1 Å². The molecule has 0 aliphatic carbocycles. The van der Waals surface area contributed by atoms with E-state index in [2.05, 4.69) is 4.72 Å². The number of hydrogen-bond donors (Lipinski definition) is 1. The van der Waals surface area contributed by atoms with E-state index in [1.54, 1.807) is 12.1 Å². The first-order valence-corrected chi connectivity index (χ1v) is 9.56. The van der Waals surface area contributed by atoms with Crippen molar-refractivity contribution >= 4 is 27.5 Å². The molecule has 2 aromatic carbocycles. The first-order chi connectivity index (χ1) is 11.9. The number of para-hydroxylation sites is 1. The van der Waals surface area contributed by atoms with Crippen LogP contribution in [0.1, 0.15) is 18.1 Å². The van der Waals surface area contributed by atoms with Crippen LogP contribution in [-0.2, 0) is 21.2 Å². The zero-order valence-electron chi connectivity index (χ0n) is 14.2.